The second-order valence-corrected chi connectivity index (χ2v) is 4.14. The van der Waals surface area contributed by atoms with Crippen molar-refractivity contribution < 1.29 is 4.21 Å². The van der Waals surface area contributed by atoms with Gasteiger partial charge in [0, 0.05) is 22.8 Å². The van der Waals surface area contributed by atoms with Crippen LogP contribution >= 0.6 is 0 Å². The molecule has 1 aromatic carbocycles. The van der Waals surface area contributed by atoms with Crippen LogP contribution in [0.15, 0.2) is 24.3 Å². The fourth-order valence-electron chi connectivity index (χ4n) is 0.919. The van der Waals surface area contributed by atoms with E-state index in [-0.39, 0.29) is 0 Å². The third-order valence-electron chi connectivity index (χ3n) is 1.49. The average molecular weight is 168 g/mol. The summed E-state index contributed by atoms with van der Waals surface area (Å²) in [6.45, 7) is 2.05. The molecule has 1 atom stereocenters. The maximum absolute atomic E-state index is 10.8. The van der Waals surface area contributed by atoms with Gasteiger partial charge in [-0.2, -0.15) is 0 Å². The molecule has 0 aliphatic rings. The molecule has 60 valence electrons. The van der Waals surface area contributed by atoms with E-state index in [0.717, 1.165) is 5.56 Å². The largest absolute Gasteiger partial charge is 0.260 e. The molecule has 0 bridgehead atoms. The Morgan fingerprint density at radius 2 is 1.82 bits per heavy atom. The molecule has 2 heteroatoms. The smallest absolute Gasteiger partial charge is 0.0482 e. The highest BCUT2D eigenvalue weighted by Crippen LogP contribution is 2.04. The lowest BCUT2D eigenvalue weighted by atomic mass is 10.2. The summed E-state index contributed by atoms with van der Waals surface area (Å²) in [6.07, 6.45) is 1.72. The van der Waals surface area contributed by atoms with E-state index in [2.05, 4.69) is 0 Å². The van der Waals surface area contributed by atoms with E-state index in [1.54, 1.807) is 6.26 Å². The molecule has 1 nitrogen and oxygen atoms in total. The Labute approximate surface area is 69.9 Å². The summed E-state index contributed by atoms with van der Waals surface area (Å²) < 4.78 is 10.8. The summed E-state index contributed by atoms with van der Waals surface area (Å²) >= 11 is 0. The van der Waals surface area contributed by atoms with E-state index < -0.39 is 10.8 Å². The molecule has 0 unspecified atom stereocenters. The summed E-state index contributed by atoms with van der Waals surface area (Å²) in [5.74, 6) is 0.667. The van der Waals surface area contributed by atoms with Gasteiger partial charge in [-0.1, -0.05) is 29.8 Å². The van der Waals surface area contributed by atoms with Gasteiger partial charge in [-0.15, -0.1) is 0 Å². The molecule has 0 aliphatic heterocycles. The van der Waals surface area contributed by atoms with Crippen molar-refractivity contribution in [3.8, 4) is 0 Å². The number of hydrogen-bond acceptors (Lipinski definition) is 1. The molecule has 0 radical (unpaired) electrons. The molecule has 0 heterocycles. The first-order valence-electron chi connectivity index (χ1n) is 3.54. The zero-order chi connectivity index (χ0) is 8.27. The van der Waals surface area contributed by atoms with Crippen LogP contribution in [0.25, 0.3) is 0 Å². The van der Waals surface area contributed by atoms with Crippen molar-refractivity contribution in [2.45, 2.75) is 12.7 Å². The topological polar surface area (TPSA) is 17.1 Å². The summed E-state index contributed by atoms with van der Waals surface area (Å²) in [7, 11) is -0.723. The molecule has 0 spiro atoms. The van der Waals surface area contributed by atoms with E-state index in [1.807, 2.05) is 31.2 Å². The van der Waals surface area contributed by atoms with Crippen molar-refractivity contribution in [1.29, 1.82) is 0 Å². The normalized spacial score (nSPS) is 12.9. The Morgan fingerprint density at radius 3 is 2.27 bits per heavy atom. The first kappa shape index (κ1) is 8.47. The van der Waals surface area contributed by atoms with Crippen LogP contribution in [-0.2, 0) is 16.6 Å². The highest BCUT2D eigenvalue weighted by atomic mass is 32.2. The second kappa shape index (κ2) is 3.67. The summed E-state index contributed by atoms with van der Waals surface area (Å²) in [4.78, 5) is 0. The fraction of sp³-hybridized carbons (Fsp3) is 0.333. The van der Waals surface area contributed by atoms with E-state index in [0.29, 0.717) is 5.75 Å². The Bertz CT molecular complexity index is 251. The van der Waals surface area contributed by atoms with Crippen molar-refractivity contribution in [1.82, 2.24) is 0 Å². The standard InChI is InChI=1S/C9H12OS/c1-8-3-5-9(6-4-8)7-11(2)10/h3-6H,7H2,1-2H3/t11-/m1/s1. The molecular formula is C9H12OS. The molecular weight excluding hydrogens is 156 g/mol. The molecule has 0 N–H and O–H groups in total. The van der Waals surface area contributed by atoms with Gasteiger partial charge in [0.1, 0.15) is 0 Å². The van der Waals surface area contributed by atoms with Crippen LogP contribution < -0.4 is 0 Å². The van der Waals surface area contributed by atoms with Crippen molar-refractivity contribution in [3.63, 3.8) is 0 Å². The molecule has 0 fully saturated rings. The van der Waals surface area contributed by atoms with E-state index in [9.17, 15) is 4.21 Å². The molecule has 0 saturated carbocycles. The van der Waals surface area contributed by atoms with E-state index in [1.165, 1.54) is 5.56 Å². The van der Waals surface area contributed by atoms with Gasteiger partial charge in [0.05, 0.1) is 0 Å². The van der Waals surface area contributed by atoms with Crippen LogP contribution in [0.5, 0.6) is 0 Å². The van der Waals surface area contributed by atoms with E-state index in [4.69, 9.17) is 0 Å². The molecule has 1 rings (SSSR count). The summed E-state index contributed by atoms with van der Waals surface area (Å²) in [5, 5.41) is 0. The minimum absolute atomic E-state index is 0.667. The first-order chi connectivity index (χ1) is 5.18. The predicted octanol–water partition coefficient (Wildman–Crippen LogP) is 1.87. The lowest BCUT2D eigenvalue weighted by Crippen LogP contribution is -1.91. The zero-order valence-corrected chi connectivity index (χ0v) is 7.65. The molecule has 1 aromatic rings. The van der Waals surface area contributed by atoms with Crippen molar-refractivity contribution in [2.75, 3.05) is 6.26 Å². The number of hydrogen-bond donors (Lipinski definition) is 0. The van der Waals surface area contributed by atoms with Gasteiger partial charge in [-0.3, -0.25) is 4.21 Å². The number of benzene rings is 1. The Kier molecular flexibility index (Phi) is 2.83. The molecule has 0 amide bonds. The van der Waals surface area contributed by atoms with Crippen molar-refractivity contribution in [3.05, 3.63) is 35.4 Å². The molecule has 0 aromatic heterocycles. The lowest BCUT2D eigenvalue weighted by molar-refractivity contribution is 0.686. The molecule has 0 saturated heterocycles. The first-order valence-corrected chi connectivity index (χ1v) is 5.27. The van der Waals surface area contributed by atoms with Crippen LogP contribution in [0.3, 0.4) is 0 Å². The quantitative estimate of drug-likeness (QED) is 0.659. The van der Waals surface area contributed by atoms with Crippen LogP contribution in [0.4, 0.5) is 0 Å². The summed E-state index contributed by atoms with van der Waals surface area (Å²) in [5.41, 5.74) is 2.40. The maximum atomic E-state index is 10.8. The Hall–Kier alpha value is -0.630. The minimum Gasteiger partial charge on any atom is -0.260 e. The average Bonchev–Trinajstić information content (AvgIpc) is 1.93. The van der Waals surface area contributed by atoms with Crippen molar-refractivity contribution in [2.24, 2.45) is 0 Å². The SMILES string of the molecule is Cc1ccc(C[S@@](C)=O)cc1. The number of aryl methyl sites for hydroxylation is 1. The highest BCUT2D eigenvalue weighted by molar-refractivity contribution is 7.83. The van der Waals surface area contributed by atoms with Gasteiger partial charge >= 0.3 is 0 Å². The minimum atomic E-state index is -0.723. The predicted molar refractivity (Wildman–Crippen MR) is 48.9 cm³/mol. The van der Waals surface area contributed by atoms with Gasteiger partial charge in [-0.25, -0.2) is 0 Å². The monoisotopic (exact) mass is 168 g/mol. The van der Waals surface area contributed by atoms with Gasteiger partial charge in [0.15, 0.2) is 0 Å². The maximum Gasteiger partial charge on any atom is 0.0482 e. The molecule has 11 heavy (non-hydrogen) atoms. The zero-order valence-electron chi connectivity index (χ0n) is 6.83. The van der Waals surface area contributed by atoms with Crippen LogP contribution in [0.2, 0.25) is 0 Å². The third-order valence-corrected chi connectivity index (χ3v) is 2.23. The van der Waals surface area contributed by atoms with Gasteiger partial charge < -0.3 is 0 Å². The Morgan fingerprint density at radius 1 is 1.27 bits per heavy atom. The fourth-order valence-corrected chi connectivity index (χ4v) is 1.58. The summed E-state index contributed by atoms with van der Waals surface area (Å²) in [6, 6.07) is 8.14. The van der Waals surface area contributed by atoms with Gasteiger partial charge in [-0.05, 0) is 12.5 Å². The van der Waals surface area contributed by atoms with E-state index >= 15 is 0 Å². The second-order valence-electron chi connectivity index (χ2n) is 2.70. The Balaban J connectivity index is 2.74. The highest BCUT2D eigenvalue weighted by Gasteiger charge is 1.93. The van der Waals surface area contributed by atoms with Crippen LogP contribution in [-0.4, -0.2) is 10.5 Å². The molecule has 0 aliphatic carbocycles. The van der Waals surface area contributed by atoms with Gasteiger partial charge in [0.2, 0.25) is 0 Å². The van der Waals surface area contributed by atoms with Gasteiger partial charge in [0.25, 0.3) is 0 Å². The van der Waals surface area contributed by atoms with Crippen molar-refractivity contribution >= 4 is 10.8 Å². The third kappa shape index (κ3) is 2.85. The number of rotatable bonds is 2. The lowest BCUT2D eigenvalue weighted by Gasteiger charge is -1.97. The van der Waals surface area contributed by atoms with Crippen LogP contribution in [0, 0.1) is 6.92 Å². The van der Waals surface area contributed by atoms with Crippen LogP contribution in [0.1, 0.15) is 11.1 Å².